The zero-order valence-electron chi connectivity index (χ0n) is 17.5. The monoisotopic (exact) mass is 459 g/mol. The molecule has 0 unspecified atom stereocenters. The van der Waals surface area contributed by atoms with Crippen molar-refractivity contribution < 1.29 is 23.8 Å². The SMILES string of the molecule is O=C(Nc1ccc2c(c1)OCO2)c1nnc(C2CCN(C(=O)NC[C@H]3CCCO3)CC2)s1. The fourth-order valence-electron chi connectivity index (χ4n) is 4.10. The summed E-state index contributed by atoms with van der Waals surface area (Å²) in [4.78, 5) is 26.8. The summed E-state index contributed by atoms with van der Waals surface area (Å²) < 4.78 is 16.2. The van der Waals surface area contributed by atoms with Crippen LogP contribution < -0.4 is 20.1 Å². The number of hydrogen-bond donors (Lipinski definition) is 2. The molecule has 1 aromatic carbocycles. The van der Waals surface area contributed by atoms with E-state index in [4.69, 9.17) is 14.2 Å². The van der Waals surface area contributed by atoms with E-state index in [0.29, 0.717) is 41.8 Å². The maximum atomic E-state index is 12.6. The smallest absolute Gasteiger partial charge is 0.317 e. The number of amides is 3. The first kappa shape index (κ1) is 21.0. The number of benzene rings is 1. The maximum Gasteiger partial charge on any atom is 0.317 e. The molecule has 3 aliphatic rings. The zero-order chi connectivity index (χ0) is 21.9. The first-order chi connectivity index (χ1) is 15.7. The van der Waals surface area contributed by atoms with Crippen LogP contribution in [-0.4, -0.2) is 66.2 Å². The van der Waals surface area contributed by atoms with Crippen molar-refractivity contribution in [3.05, 3.63) is 28.2 Å². The van der Waals surface area contributed by atoms with Crippen LogP contribution in [0.15, 0.2) is 18.2 Å². The van der Waals surface area contributed by atoms with Gasteiger partial charge < -0.3 is 29.7 Å². The van der Waals surface area contributed by atoms with Gasteiger partial charge >= 0.3 is 6.03 Å². The van der Waals surface area contributed by atoms with E-state index in [1.54, 1.807) is 18.2 Å². The lowest BCUT2D eigenvalue weighted by atomic mass is 9.98. The van der Waals surface area contributed by atoms with E-state index >= 15 is 0 Å². The average Bonchev–Trinajstić information content (AvgIpc) is 3.59. The van der Waals surface area contributed by atoms with E-state index in [1.807, 2.05) is 4.90 Å². The molecule has 0 aliphatic carbocycles. The summed E-state index contributed by atoms with van der Waals surface area (Å²) in [5.74, 6) is 1.15. The molecule has 10 nitrogen and oxygen atoms in total. The van der Waals surface area contributed by atoms with E-state index in [9.17, 15) is 9.59 Å². The van der Waals surface area contributed by atoms with Gasteiger partial charge in [0.1, 0.15) is 5.01 Å². The Labute approximate surface area is 189 Å². The Morgan fingerprint density at radius 1 is 1.12 bits per heavy atom. The van der Waals surface area contributed by atoms with Gasteiger partial charge in [-0.15, -0.1) is 10.2 Å². The minimum Gasteiger partial charge on any atom is -0.454 e. The van der Waals surface area contributed by atoms with Crippen LogP contribution >= 0.6 is 11.3 Å². The Hall–Kier alpha value is -2.92. The summed E-state index contributed by atoms with van der Waals surface area (Å²) in [5, 5.41) is 15.3. The first-order valence-corrected chi connectivity index (χ1v) is 11.7. The molecule has 1 aromatic heterocycles. The van der Waals surface area contributed by atoms with Crippen LogP contribution in [0, 0.1) is 0 Å². The fourth-order valence-corrected chi connectivity index (χ4v) is 5.01. The molecular formula is C21H25N5O5S. The minimum absolute atomic E-state index is 0.0417. The van der Waals surface area contributed by atoms with Crippen molar-refractivity contribution in [2.75, 3.05) is 38.4 Å². The third kappa shape index (κ3) is 4.63. The molecule has 2 fully saturated rings. The van der Waals surface area contributed by atoms with Crippen LogP contribution in [0.3, 0.4) is 0 Å². The number of rotatable bonds is 5. The summed E-state index contributed by atoms with van der Waals surface area (Å²) in [6.45, 7) is 2.84. The van der Waals surface area contributed by atoms with Crippen molar-refractivity contribution in [3.63, 3.8) is 0 Å². The highest BCUT2D eigenvalue weighted by atomic mass is 32.1. The van der Waals surface area contributed by atoms with Crippen molar-refractivity contribution in [2.45, 2.75) is 37.7 Å². The predicted molar refractivity (Wildman–Crippen MR) is 116 cm³/mol. The number of likely N-dealkylation sites (tertiary alicyclic amines) is 1. The van der Waals surface area contributed by atoms with E-state index in [1.165, 1.54) is 11.3 Å². The molecule has 0 spiro atoms. The number of anilines is 1. The normalized spacial score (nSPS) is 20.4. The molecule has 5 rings (SSSR count). The van der Waals surface area contributed by atoms with Gasteiger partial charge in [-0.25, -0.2) is 4.79 Å². The molecule has 4 heterocycles. The summed E-state index contributed by atoms with van der Waals surface area (Å²) in [5.41, 5.74) is 0.610. The highest BCUT2D eigenvalue weighted by Crippen LogP contribution is 2.35. The summed E-state index contributed by atoms with van der Waals surface area (Å²) in [7, 11) is 0. The molecule has 2 saturated heterocycles. The van der Waals surface area contributed by atoms with Gasteiger partial charge in [-0.3, -0.25) is 4.79 Å². The van der Waals surface area contributed by atoms with Crippen LogP contribution in [0.5, 0.6) is 11.5 Å². The molecule has 3 amide bonds. The number of nitrogens with zero attached hydrogens (tertiary/aromatic N) is 3. The number of nitrogens with one attached hydrogen (secondary N) is 2. The molecule has 0 saturated carbocycles. The molecule has 32 heavy (non-hydrogen) atoms. The van der Waals surface area contributed by atoms with Crippen molar-refractivity contribution >= 4 is 29.0 Å². The van der Waals surface area contributed by atoms with Gasteiger partial charge in [0.25, 0.3) is 5.91 Å². The summed E-state index contributed by atoms with van der Waals surface area (Å²) >= 11 is 1.30. The van der Waals surface area contributed by atoms with Gasteiger partial charge in [0.05, 0.1) is 6.10 Å². The molecule has 0 radical (unpaired) electrons. The quantitative estimate of drug-likeness (QED) is 0.706. The van der Waals surface area contributed by atoms with Crippen molar-refractivity contribution in [1.82, 2.24) is 20.4 Å². The third-order valence-corrected chi connectivity index (χ3v) is 6.99. The molecular weight excluding hydrogens is 434 g/mol. The largest absolute Gasteiger partial charge is 0.454 e. The first-order valence-electron chi connectivity index (χ1n) is 10.8. The molecule has 0 bridgehead atoms. The van der Waals surface area contributed by atoms with Gasteiger partial charge in [0.2, 0.25) is 11.8 Å². The Bertz CT molecular complexity index is 985. The molecule has 2 aromatic rings. The van der Waals surface area contributed by atoms with Crippen LogP contribution in [0.2, 0.25) is 0 Å². The van der Waals surface area contributed by atoms with Crippen molar-refractivity contribution in [3.8, 4) is 11.5 Å². The topological polar surface area (TPSA) is 115 Å². The number of ether oxygens (including phenoxy) is 3. The second kappa shape index (κ2) is 9.29. The highest BCUT2D eigenvalue weighted by molar-refractivity contribution is 7.13. The third-order valence-electron chi connectivity index (χ3n) is 5.90. The van der Waals surface area contributed by atoms with Gasteiger partial charge in [-0.1, -0.05) is 11.3 Å². The van der Waals surface area contributed by atoms with Crippen molar-refractivity contribution in [2.24, 2.45) is 0 Å². The van der Waals surface area contributed by atoms with Crippen LogP contribution in [0.25, 0.3) is 0 Å². The van der Waals surface area contributed by atoms with Gasteiger partial charge in [0.15, 0.2) is 11.5 Å². The number of carbonyl (C=O) groups is 2. The second-order valence-corrected chi connectivity index (χ2v) is 9.06. The summed E-state index contributed by atoms with van der Waals surface area (Å²) in [6, 6.07) is 5.20. The number of carbonyl (C=O) groups excluding carboxylic acids is 2. The molecule has 1 atom stereocenters. The Morgan fingerprint density at radius 2 is 1.97 bits per heavy atom. The number of hydrogen-bond acceptors (Lipinski definition) is 8. The van der Waals surface area contributed by atoms with Gasteiger partial charge in [-0.2, -0.15) is 0 Å². The fraction of sp³-hybridized carbons (Fsp3) is 0.524. The number of urea groups is 1. The Morgan fingerprint density at radius 3 is 2.78 bits per heavy atom. The second-order valence-electron chi connectivity index (χ2n) is 8.05. The lowest BCUT2D eigenvalue weighted by Crippen LogP contribution is -2.46. The van der Waals surface area contributed by atoms with Crippen LogP contribution in [-0.2, 0) is 4.74 Å². The van der Waals surface area contributed by atoms with E-state index in [0.717, 1.165) is 37.3 Å². The maximum absolute atomic E-state index is 12.6. The van der Waals surface area contributed by atoms with Crippen molar-refractivity contribution in [1.29, 1.82) is 0 Å². The van der Waals surface area contributed by atoms with Crippen LogP contribution in [0.4, 0.5) is 10.5 Å². The molecule has 11 heteroatoms. The van der Waals surface area contributed by atoms with E-state index in [-0.39, 0.29) is 30.8 Å². The lowest BCUT2D eigenvalue weighted by molar-refractivity contribution is 0.102. The Kier molecular flexibility index (Phi) is 6.08. The number of piperidine rings is 1. The van der Waals surface area contributed by atoms with Crippen LogP contribution in [0.1, 0.15) is 46.4 Å². The lowest BCUT2D eigenvalue weighted by Gasteiger charge is -2.31. The molecule has 3 aliphatic heterocycles. The number of fused-ring (bicyclic) bond motifs is 1. The minimum atomic E-state index is -0.307. The molecule has 170 valence electrons. The molecule has 2 N–H and O–H groups in total. The van der Waals surface area contributed by atoms with Gasteiger partial charge in [0, 0.05) is 43.9 Å². The van der Waals surface area contributed by atoms with Gasteiger partial charge in [-0.05, 0) is 37.8 Å². The Balaban J connectivity index is 1.11. The van der Waals surface area contributed by atoms with E-state index < -0.39 is 0 Å². The highest BCUT2D eigenvalue weighted by Gasteiger charge is 2.28. The predicted octanol–water partition coefficient (Wildman–Crippen LogP) is 2.59. The number of aromatic nitrogens is 2. The van der Waals surface area contributed by atoms with E-state index in [2.05, 4.69) is 20.8 Å². The average molecular weight is 460 g/mol. The summed E-state index contributed by atoms with van der Waals surface area (Å²) in [6.07, 6.45) is 3.80. The zero-order valence-corrected chi connectivity index (χ0v) is 18.4. The standard InChI is InChI=1S/C21H25N5O5S/c27-18(23-14-3-4-16-17(10-14)31-12-30-16)20-25-24-19(32-20)13-5-7-26(8-6-13)21(28)22-11-15-2-1-9-29-15/h3-4,10,13,15H,1-2,5-9,11-12H2,(H,22,28)(H,23,27)/t15-/m1/s1.